The lowest BCUT2D eigenvalue weighted by molar-refractivity contribution is 0.0696. The van der Waals surface area contributed by atoms with Crippen molar-refractivity contribution in [1.82, 2.24) is 4.72 Å². The maximum Gasteiger partial charge on any atom is 0.335 e. The molecule has 0 aliphatic heterocycles. The van der Waals surface area contributed by atoms with Gasteiger partial charge in [-0.1, -0.05) is 0 Å². The normalized spacial score (nSPS) is 11.1. The van der Waals surface area contributed by atoms with E-state index in [-0.39, 0.29) is 30.0 Å². The summed E-state index contributed by atoms with van der Waals surface area (Å²) in [5, 5.41) is 17.8. The maximum atomic E-state index is 11.7. The fourth-order valence-corrected chi connectivity index (χ4v) is 2.26. The summed E-state index contributed by atoms with van der Waals surface area (Å²) in [5.74, 6) is -2.74. The summed E-state index contributed by atoms with van der Waals surface area (Å²) in [5.41, 5.74) is -0.855. The van der Waals surface area contributed by atoms with Crippen molar-refractivity contribution in [2.75, 3.05) is 25.0 Å². The van der Waals surface area contributed by atoms with Crippen LogP contribution in [0.3, 0.4) is 0 Å². The molecule has 0 spiro atoms. The summed E-state index contributed by atoms with van der Waals surface area (Å²) in [6, 6.07) is 2.97. The molecular formula is C11H14N2O7S. The van der Waals surface area contributed by atoms with Gasteiger partial charge in [-0.05, 0) is 18.2 Å². The molecule has 0 amide bonds. The van der Waals surface area contributed by atoms with Crippen LogP contribution in [0.1, 0.15) is 20.7 Å². The zero-order valence-electron chi connectivity index (χ0n) is 11.0. The average Bonchev–Trinajstić information content (AvgIpc) is 2.37. The van der Waals surface area contributed by atoms with E-state index in [0.29, 0.717) is 0 Å². The van der Waals surface area contributed by atoms with Gasteiger partial charge in [-0.3, -0.25) is 4.72 Å². The van der Waals surface area contributed by atoms with Gasteiger partial charge in [-0.15, -0.1) is 0 Å². The lowest BCUT2D eigenvalue weighted by atomic mass is 10.1. The molecule has 0 aliphatic rings. The van der Waals surface area contributed by atoms with Crippen LogP contribution in [0.5, 0.6) is 0 Å². The molecule has 10 heteroatoms. The second-order valence-electron chi connectivity index (χ2n) is 3.90. The summed E-state index contributed by atoms with van der Waals surface area (Å²) in [6.45, 7) is 0.159. The number of hydrogen-bond donors (Lipinski definition) is 4. The van der Waals surface area contributed by atoms with Gasteiger partial charge in [-0.2, -0.15) is 13.1 Å². The molecule has 0 atom stereocenters. The molecule has 1 rings (SSSR count). The fourth-order valence-electron chi connectivity index (χ4n) is 1.40. The van der Waals surface area contributed by atoms with Gasteiger partial charge < -0.3 is 14.9 Å². The second kappa shape index (κ2) is 7.02. The maximum absolute atomic E-state index is 11.7. The summed E-state index contributed by atoms with van der Waals surface area (Å²) >= 11 is 0. The van der Waals surface area contributed by atoms with E-state index in [2.05, 4.69) is 9.46 Å². The number of carbonyl (C=O) groups is 2. The minimum atomic E-state index is -3.96. The lowest BCUT2D eigenvalue weighted by Gasteiger charge is -2.10. The average molecular weight is 318 g/mol. The Balaban J connectivity index is 3.02. The van der Waals surface area contributed by atoms with Gasteiger partial charge >= 0.3 is 11.9 Å². The molecule has 116 valence electrons. The Morgan fingerprint density at radius 3 is 2.10 bits per heavy atom. The molecule has 0 fully saturated rings. The summed E-state index contributed by atoms with van der Waals surface area (Å²) < 4.78 is 32.2. The summed E-state index contributed by atoms with van der Waals surface area (Å²) in [4.78, 5) is 21.8. The number of ether oxygens (including phenoxy) is 1. The van der Waals surface area contributed by atoms with Gasteiger partial charge in [0.2, 0.25) is 0 Å². The zero-order chi connectivity index (χ0) is 16.0. The lowest BCUT2D eigenvalue weighted by Crippen LogP contribution is -2.32. The van der Waals surface area contributed by atoms with Crippen LogP contribution in [0.15, 0.2) is 18.2 Å². The standard InChI is InChI=1S/C11H14N2O7S/c1-20-3-2-12-21(18,19)13-9-5-7(10(14)15)4-8(6-9)11(16)17/h4-6,12-13H,2-3H2,1H3,(H,14,15)(H,16,17). The van der Waals surface area contributed by atoms with Gasteiger partial charge in [0.25, 0.3) is 10.2 Å². The number of aromatic carboxylic acids is 2. The van der Waals surface area contributed by atoms with Crippen molar-refractivity contribution in [3.05, 3.63) is 29.3 Å². The highest BCUT2D eigenvalue weighted by molar-refractivity contribution is 7.90. The predicted octanol–water partition coefficient (Wildman–Crippen LogP) is -0.0243. The van der Waals surface area contributed by atoms with E-state index in [1.807, 2.05) is 4.72 Å². The van der Waals surface area contributed by atoms with Gasteiger partial charge in [-0.25, -0.2) is 9.59 Å². The molecule has 0 aromatic heterocycles. The van der Waals surface area contributed by atoms with Crippen molar-refractivity contribution in [3.63, 3.8) is 0 Å². The van der Waals surface area contributed by atoms with E-state index in [9.17, 15) is 18.0 Å². The van der Waals surface area contributed by atoms with Crippen LogP contribution in [-0.2, 0) is 14.9 Å². The summed E-state index contributed by atoms with van der Waals surface area (Å²) in [7, 11) is -2.56. The molecule has 0 heterocycles. The number of nitrogens with one attached hydrogen (secondary N) is 2. The summed E-state index contributed by atoms with van der Waals surface area (Å²) in [6.07, 6.45) is 0. The van der Waals surface area contributed by atoms with E-state index in [4.69, 9.17) is 10.2 Å². The van der Waals surface area contributed by atoms with Gasteiger partial charge in [0.05, 0.1) is 23.4 Å². The Hall–Kier alpha value is -2.17. The van der Waals surface area contributed by atoms with Crippen LogP contribution >= 0.6 is 0 Å². The molecule has 4 N–H and O–H groups in total. The fraction of sp³-hybridized carbons (Fsp3) is 0.273. The van der Waals surface area contributed by atoms with Crippen molar-refractivity contribution in [3.8, 4) is 0 Å². The molecular weight excluding hydrogens is 304 g/mol. The molecule has 1 aromatic rings. The second-order valence-corrected chi connectivity index (χ2v) is 5.40. The molecule has 1 aromatic carbocycles. The van der Waals surface area contributed by atoms with E-state index in [1.54, 1.807) is 0 Å². The number of carboxylic acids is 2. The van der Waals surface area contributed by atoms with Crippen molar-refractivity contribution in [1.29, 1.82) is 0 Å². The molecule has 21 heavy (non-hydrogen) atoms. The first-order valence-electron chi connectivity index (χ1n) is 5.63. The first-order valence-corrected chi connectivity index (χ1v) is 7.11. The van der Waals surface area contributed by atoms with E-state index < -0.39 is 22.1 Å². The zero-order valence-corrected chi connectivity index (χ0v) is 11.8. The molecule has 0 bridgehead atoms. The third-order valence-electron chi connectivity index (χ3n) is 2.28. The van der Waals surface area contributed by atoms with Gasteiger partial charge in [0.15, 0.2) is 0 Å². The Bertz CT molecular complexity index is 610. The monoisotopic (exact) mass is 318 g/mol. The topological polar surface area (TPSA) is 142 Å². The highest BCUT2D eigenvalue weighted by Gasteiger charge is 2.15. The number of benzene rings is 1. The number of methoxy groups -OCH3 is 1. The number of hydrogen-bond acceptors (Lipinski definition) is 5. The van der Waals surface area contributed by atoms with Crippen molar-refractivity contribution < 1.29 is 33.0 Å². The molecule has 9 nitrogen and oxygen atoms in total. The number of carboxylic acid groups (broad SMARTS) is 2. The van der Waals surface area contributed by atoms with E-state index in [0.717, 1.165) is 18.2 Å². The molecule has 0 saturated carbocycles. The number of rotatable bonds is 8. The van der Waals surface area contributed by atoms with Crippen LogP contribution in [0.4, 0.5) is 5.69 Å². The SMILES string of the molecule is COCCNS(=O)(=O)Nc1cc(C(=O)O)cc(C(=O)O)c1. The molecule has 0 unspecified atom stereocenters. The Labute approximate surface area is 120 Å². The van der Waals surface area contributed by atoms with Crippen LogP contribution in [-0.4, -0.2) is 50.8 Å². The first-order chi connectivity index (χ1) is 9.75. The quantitative estimate of drug-likeness (QED) is 0.493. The largest absolute Gasteiger partial charge is 0.478 e. The minimum Gasteiger partial charge on any atom is -0.478 e. The van der Waals surface area contributed by atoms with Gasteiger partial charge in [0, 0.05) is 13.7 Å². The highest BCUT2D eigenvalue weighted by Crippen LogP contribution is 2.16. The van der Waals surface area contributed by atoms with Crippen molar-refractivity contribution in [2.45, 2.75) is 0 Å². The Morgan fingerprint density at radius 2 is 1.67 bits per heavy atom. The predicted molar refractivity (Wildman–Crippen MR) is 72.8 cm³/mol. The first kappa shape index (κ1) is 16.9. The van der Waals surface area contributed by atoms with E-state index in [1.165, 1.54) is 7.11 Å². The Kier molecular flexibility index (Phi) is 5.64. The van der Waals surface area contributed by atoms with Gasteiger partial charge in [0.1, 0.15) is 0 Å². The van der Waals surface area contributed by atoms with Crippen LogP contribution in [0, 0.1) is 0 Å². The smallest absolute Gasteiger partial charge is 0.335 e. The van der Waals surface area contributed by atoms with Crippen LogP contribution in [0.25, 0.3) is 0 Å². The third-order valence-corrected chi connectivity index (χ3v) is 3.37. The van der Waals surface area contributed by atoms with Crippen molar-refractivity contribution >= 4 is 27.8 Å². The van der Waals surface area contributed by atoms with Crippen LogP contribution in [0.2, 0.25) is 0 Å². The third kappa shape index (κ3) is 5.38. The minimum absolute atomic E-state index is 0.0102. The Morgan fingerprint density at radius 1 is 1.14 bits per heavy atom. The highest BCUT2D eigenvalue weighted by atomic mass is 32.2. The van der Waals surface area contributed by atoms with Crippen molar-refractivity contribution in [2.24, 2.45) is 0 Å². The number of anilines is 1. The molecule has 0 saturated heterocycles. The molecule has 0 aliphatic carbocycles. The van der Waals surface area contributed by atoms with E-state index >= 15 is 0 Å². The molecule has 0 radical (unpaired) electrons. The van der Waals surface area contributed by atoms with Crippen LogP contribution < -0.4 is 9.44 Å².